The summed E-state index contributed by atoms with van der Waals surface area (Å²) in [6, 6.07) is 3.05. The largest absolute Gasteiger partial charge is 0.369 e. The molecule has 3 rings (SSSR count). The molecule has 0 spiro atoms. The third kappa shape index (κ3) is 1.92. The predicted octanol–water partition coefficient (Wildman–Crippen LogP) is -0.165. The first-order chi connectivity index (χ1) is 8.31. The number of hydrogen-bond acceptors (Lipinski definition) is 4. The van der Waals surface area contributed by atoms with Crippen LogP contribution in [0.1, 0.15) is 11.4 Å². The first-order valence-corrected chi connectivity index (χ1v) is 5.03. The van der Waals surface area contributed by atoms with E-state index in [-0.39, 0.29) is 0 Å². The van der Waals surface area contributed by atoms with Gasteiger partial charge in [-0.25, -0.2) is 9.78 Å². The number of carbonyl (C=O) groups excluding carboxylic acids is 1. The molecule has 0 fully saturated rings. The van der Waals surface area contributed by atoms with Crippen LogP contribution in [-0.2, 0) is 6.42 Å². The summed E-state index contributed by atoms with van der Waals surface area (Å²) in [5.74, 6) is 0. The summed E-state index contributed by atoms with van der Waals surface area (Å²) in [6.07, 6.45) is 5.49. The fraction of sp³-hybridized carbons (Fsp3) is 0.0909. The average molecular weight is 225 g/mol. The van der Waals surface area contributed by atoms with Crippen LogP contribution < -0.4 is 10.8 Å². The Hall–Kier alpha value is -2.50. The van der Waals surface area contributed by atoms with E-state index in [4.69, 9.17) is 0 Å². The number of amides is 2. The van der Waals surface area contributed by atoms with Crippen molar-refractivity contribution in [3.05, 3.63) is 53.0 Å². The monoisotopic (exact) mass is 225 g/mol. The van der Waals surface area contributed by atoms with Crippen molar-refractivity contribution >= 4 is 6.03 Å². The van der Waals surface area contributed by atoms with Crippen molar-refractivity contribution < 1.29 is 4.79 Å². The maximum absolute atomic E-state index is 11.0. The van der Waals surface area contributed by atoms with Gasteiger partial charge in [0.05, 0.1) is 5.69 Å². The minimum absolute atomic E-state index is 0.386. The van der Waals surface area contributed by atoms with Crippen molar-refractivity contribution in [3.63, 3.8) is 0 Å². The Labute approximate surface area is 95.8 Å². The van der Waals surface area contributed by atoms with E-state index < -0.39 is 6.03 Å². The number of hydrogen-bond donors (Lipinski definition) is 0. The Morgan fingerprint density at radius 2 is 2.00 bits per heavy atom. The van der Waals surface area contributed by atoms with E-state index in [0.717, 1.165) is 11.4 Å². The van der Waals surface area contributed by atoms with E-state index in [1.807, 2.05) is 6.07 Å². The van der Waals surface area contributed by atoms with Crippen molar-refractivity contribution in [2.45, 2.75) is 6.42 Å². The van der Waals surface area contributed by atoms with Crippen molar-refractivity contribution in [3.8, 4) is 0 Å². The molecule has 0 saturated heterocycles. The van der Waals surface area contributed by atoms with E-state index in [1.165, 1.54) is 0 Å². The molecule has 2 aromatic heterocycles. The van der Waals surface area contributed by atoms with Gasteiger partial charge in [-0.1, -0.05) is 0 Å². The average Bonchev–Trinajstić information content (AvgIpc) is 2.70. The van der Waals surface area contributed by atoms with E-state index in [1.54, 1.807) is 24.7 Å². The van der Waals surface area contributed by atoms with E-state index in [9.17, 15) is 4.79 Å². The molecule has 6 nitrogen and oxygen atoms in total. The third-order valence-corrected chi connectivity index (χ3v) is 2.31. The van der Waals surface area contributed by atoms with Crippen LogP contribution in [0.3, 0.4) is 0 Å². The van der Waals surface area contributed by atoms with Gasteiger partial charge in [0.15, 0.2) is 5.49 Å². The minimum atomic E-state index is -0.496. The first-order valence-electron chi connectivity index (χ1n) is 5.03. The standard InChI is InChI=1S/C11H7N5O/c17-11-15-9-2-1-7(14-10(9)16-11)5-8-6-12-3-4-13-8/h1-4,6H,5H2. The van der Waals surface area contributed by atoms with Crippen molar-refractivity contribution in [1.29, 1.82) is 0 Å². The first kappa shape index (κ1) is 9.71. The molecule has 2 aromatic rings. The highest BCUT2D eigenvalue weighted by molar-refractivity contribution is 5.77. The highest BCUT2D eigenvalue weighted by Gasteiger charge is 2.07. The number of fused-ring (bicyclic) bond motifs is 1. The molecular weight excluding hydrogens is 218 g/mol. The number of aromatic nitrogens is 3. The molecule has 0 aromatic carbocycles. The van der Waals surface area contributed by atoms with E-state index >= 15 is 0 Å². The molecule has 3 heterocycles. The SMILES string of the molecule is O=C1N=c2ccc(Cc3cnccn3)nc2=N1. The Balaban J connectivity index is 1.98. The van der Waals surface area contributed by atoms with Gasteiger partial charge >= 0.3 is 6.03 Å². The summed E-state index contributed by atoms with van der Waals surface area (Å²) < 4.78 is 0. The van der Waals surface area contributed by atoms with Gasteiger partial charge in [0.25, 0.3) is 0 Å². The number of pyridine rings is 1. The number of nitrogens with zero attached hydrogens (tertiary/aromatic N) is 5. The third-order valence-electron chi connectivity index (χ3n) is 2.31. The van der Waals surface area contributed by atoms with Gasteiger partial charge in [-0.15, -0.1) is 0 Å². The number of rotatable bonds is 2. The van der Waals surface area contributed by atoms with E-state index in [0.29, 0.717) is 17.3 Å². The van der Waals surface area contributed by atoms with Gasteiger partial charge in [-0.2, -0.15) is 9.98 Å². The van der Waals surface area contributed by atoms with Gasteiger partial charge < -0.3 is 0 Å². The molecule has 2 amide bonds. The molecule has 6 heteroatoms. The zero-order chi connectivity index (χ0) is 11.7. The molecule has 0 N–H and O–H groups in total. The normalized spacial score (nSPS) is 12.8. The highest BCUT2D eigenvalue weighted by Crippen LogP contribution is 1.99. The topological polar surface area (TPSA) is 80.5 Å². The lowest BCUT2D eigenvalue weighted by molar-refractivity contribution is 0.256. The molecule has 0 unspecified atom stereocenters. The van der Waals surface area contributed by atoms with Crippen LogP contribution in [0.15, 0.2) is 40.7 Å². The molecule has 1 aliphatic heterocycles. The molecule has 1 aliphatic rings. The second-order valence-corrected chi connectivity index (χ2v) is 3.53. The van der Waals surface area contributed by atoms with Crippen LogP contribution in [0.4, 0.5) is 4.79 Å². The lowest BCUT2D eigenvalue weighted by Gasteiger charge is -1.97. The minimum Gasteiger partial charge on any atom is -0.261 e. The number of carbonyl (C=O) groups is 1. The zero-order valence-corrected chi connectivity index (χ0v) is 8.74. The maximum atomic E-state index is 11.0. The summed E-state index contributed by atoms with van der Waals surface area (Å²) in [5.41, 5.74) is 2.00. The van der Waals surface area contributed by atoms with Crippen LogP contribution in [-0.4, -0.2) is 21.0 Å². The van der Waals surface area contributed by atoms with E-state index in [2.05, 4.69) is 24.9 Å². The summed E-state index contributed by atoms with van der Waals surface area (Å²) in [6.45, 7) is 0. The Bertz CT molecular complexity index is 696. The van der Waals surface area contributed by atoms with Gasteiger partial charge in [-0.05, 0) is 12.1 Å². The second-order valence-electron chi connectivity index (χ2n) is 3.53. The molecule has 0 aliphatic carbocycles. The van der Waals surface area contributed by atoms with Crippen LogP contribution >= 0.6 is 0 Å². The van der Waals surface area contributed by atoms with Gasteiger partial charge in [0.2, 0.25) is 0 Å². The van der Waals surface area contributed by atoms with Gasteiger partial charge in [0, 0.05) is 30.7 Å². The predicted molar refractivity (Wildman–Crippen MR) is 56.8 cm³/mol. The summed E-state index contributed by atoms with van der Waals surface area (Å²) >= 11 is 0. The number of urea groups is 1. The van der Waals surface area contributed by atoms with Crippen LogP contribution in [0.5, 0.6) is 0 Å². The summed E-state index contributed by atoms with van der Waals surface area (Å²) in [7, 11) is 0. The summed E-state index contributed by atoms with van der Waals surface area (Å²) in [5, 5.41) is 0.526. The van der Waals surface area contributed by atoms with Crippen molar-refractivity contribution in [2.24, 2.45) is 9.98 Å². The Morgan fingerprint density at radius 3 is 2.82 bits per heavy atom. The highest BCUT2D eigenvalue weighted by atomic mass is 16.2. The molecule has 82 valence electrons. The molecule has 17 heavy (non-hydrogen) atoms. The summed E-state index contributed by atoms with van der Waals surface area (Å²) in [4.78, 5) is 30.8. The van der Waals surface area contributed by atoms with Gasteiger partial charge in [0.1, 0.15) is 5.36 Å². The maximum Gasteiger partial charge on any atom is 0.369 e. The van der Waals surface area contributed by atoms with Gasteiger partial charge in [-0.3, -0.25) is 9.97 Å². The van der Waals surface area contributed by atoms with Crippen LogP contribution in [0.2, 0.25) is 0 Å². The van der Waals surface area contributed by atoms with Crippen molar-refractivity contribution in [1.82, 2.24) is 15.0 Å². The van der Waals surface area contributed by atoms with Crippen LogP contribution in [0.25, 0.3) is 0 Å². The fourth-order valence-electron chi connectivity index (χ4n) is 1.57. The van der Waals surface area contributed by atoms with Crippen LogP contribution in [0, 0.1) is 0 Å². The lowest BCUT2D eigenvalue weighted by Crippen LogP contribution is -2.26. The zero-order valence-electron chi connectivity index (χ0n) is 8.74. The Kier molecular flexibility index (Phi) is 2.18. The molecule has 0 radical (unpaired) electrons. The molecule has 0 bridgehead atoms. The molecule has 0 atom stereocenters. The molecular formula is C11H7N5O. The Morgan fingerprint density at radius 1 is 1.06 bits per heavy atom. The quantitative estimate of drug-likeness (QED) is 0.711. The fourth-order valence-corrected chi connectivity index (χ4v) is 1.57. The smallest absolute Gasteiger partial charge is 0.261 e. The second kappa shape index (κ2) is 3.82. The molecule has 0 saturated carbocycles. The lowest BCUT2D eigenvalue weighted by atomic mass is 10.2. The van der Waals surface area contributed by atoms with Crippen molar-refractivity contribution in [2.75, 3.05) is 0 Å².